The van der Waals surface area contributed by atoms with Gasteiger partial charge in [-0.3, -0.25) is 4.68 Å². The maximum atomic E-state index is 13.7. The van der Waals surface area contributed by atoms with Gasteiger partial charge < -0.3 is 5.32 Å². The highest BCUT2D eigenvalue weighted by molar-refractivity contribution is 5.62. The molecule has 0 amide bonds. The predicted molar refractivity (Wildman–Crippen MR) is 61.4 cm³/mol. The van der Waals surface area contributed by atoms with Crippen LogP contribution in [-0.4, -0.2) is 16.8 Å². The standard InChI is InChI=1S/C12H14FN3/c1-14-6-10-4-3-9(5-12(10)13)11-7-15-16(2)8-11/h3-5,7-8,14H,6H2,1-2H3. The van der Waals surface area contributed by atoms with Crippen LogP contribution in [0, 0.1) is 5.82 Å². The van der Waals surface area contributed by atoms with Crippen LogP contribution >= 0.6 is 0 Å². The topological polar surface area (TPSA) is 29.9 Å². The number of nitrogens with one attached hydrogen (secondary N) is 1. The Balaban J connectivity index is 2.34. The van der Waals surface area contributed by atoms with E-state index in [-0.39, 0.29) is 5.82 Å². The zero-order chi connectivity index (χ0) is 11.5. The summed E-state index contributed by atoms with van der Waals surface area (Å²) in [6.45, 7) is 0.541. The number of hydrogen-bond donors (Lipinski definition) is 1. The van der Waals surface area contributed by atoms with E-state index >= 15 is 0 Å². The Morgan fingerprint density at radius 3 is 2.75 bits per heavy atom. The number of aromatic nitrogens is 2. The van der Waals surface area contributed by atoms with Crippen molar-refractivity contribution >= 4 is 0 Å². The van der Waals surface area contributed by atoms with Gasteiger partial charge in [0.05, 0.1) is 6.20 Å². The molecule has 0 aliphatic rings. The largest absolute Gasteiger partial charge is 0.316 e. The molecule has 0 radical (unpaired) electrons. The minimum Gasteiger partial charge on any atom is -0.316 e. The quantitative estimate of drug-likeness (QED) is 0.855. The van der Waals surface area contributed by atoms with Gasteiger partial charge in [-0.05, 0) is 18.7 Å². The van der Waals surface area contributed by atoms with Crippen molar-refractivity contribution in [3.05, 3.63) is 42.0 Å². The Hall–Kier alpha value is -1.68. The first-order valence-electron chi connectivity index (χ1n) is 5.13. The van der Waals surface area contributed by atoms with Crippen molar-refractivity contribution in [1.29, 1.82) is 0 Å². The maximum absolute atomic E-state index is 13.7. The van der Waals surface area contributed by atoms with Crippen LogP contribution in [-0.2, 0) is 13.6 Å². The van der Waals surface area contributed by atoms with Gasteiger partial charge in [0.25, 0.3) is 0 Å². The maximum Gasteiger partial charge on any atom is 0.128 e. The van der Waals surface area contributed by atoms with Crippen molar-refractivity contribution in [2.45, 2.75) is 6.54 Å². The Labute approximate surface area is 93.9 Å². The molecule has 1 N–H and O–H groups in total. The van der Waals surface area contributed by atoms with Crippen LogP contribution in [0.1, 0.15) is 5.56 Å². The molecule has 0 aliphatic carbocycles. The Morgan fingerprint density at radius 2 is 2.19 bits per heavy atom. The molecule has 1 heterocycles. The van der Waals surface area contributed by atoms with Gasteiger partial charge in [-0.25, -0.2) is 4.39 Å². The first-order chi connectivity index (χ1) is 7.70. The zero-order valence-corrected chi connectivity index (χ0v) is 9.37. The van der Waals surface area contributed by atoms with E-state index in [0.717, 1.165) is 11.1 Å². The van der Waals surface area contributed by atoms with E-state index < -0.39 is 0 Å². The normalized spacial score (nSPS) is 10.7. The summed E-state index contributed by atoms with van der Waals surface area (Å²) in [6, 6.07) is 5.25. The van der Waals surface area contributed by atoms with E-state index in [1.165, 1.54) is 0 Å². The van der Waals surface area contributed by atoms with Crippen LogP contribution in [0.2, 0.25) is 0 Å². The number of nitrogens with zero attached hydrogens (tertiary/aromatic N) is 2. The second kappa shape index (κ2) is 4.45. The average Bonchev–Trinajstić information content (AvgIpc) is 2.68. The SMILES string of the molecule is CNCc1ccc(-c2cnn(C)c2)cc1F. The summed E-state index contributed by atoms with van der Waals surface area (Å²) in [5.41, 5.74) is 2.46. The summed E-state index contributed by atoms with van der Waals surface area (Å²) in [7, 11) is 3.64. The molecule has 0 fully saturated rings. The zero-order valence-electron chi connectivity index (χ0n) is 9.37. The van der Waals surface area contributed by atoms with E-state index in [1.807, 2.05) is 19.3 Å². The predicted octanol–water partition coefficient (Wildman–Crippen LogP) is 1.95. The second-order valence-electron chi connectivity index (χ2n) is 3.74. The Kier molecular flexibility index (Phi) is 3.01. The molecule has 84 valence electrons. The van der Waals surface area contributed by atoms with Gasteiger partial charge in [-0.1, -0.05) is 12.1 Å². The van der Waals surface area contributed by atoms with Gasteiger partial charge in [0, 0.05) is 30.9 Å². The lowest BCUT2D eigenvalue weighted by atomic mass is 10.1. The molecule has 1 aromatic heterocycles. The monoisotopic (exact) mass is 219 g/mol. The van der Waals surface area contributed by atoms with Crippen LogP contribution in [0.5, 0.6) is 0 Å². The smallest absolute Gasteiger partial charge is 0.128 e. The molecular weight excluding hydrogens is 205 g/mol. The lowest BCUT2D eigenvalue weighted by molar-refractivity contribution is 0.601. The van der Waals surface area contributed by atoms with Crippen molar-refractivity contribution < 1.29 is 4.39 Å². The van der Waals surface area contributed by atoms with Gasteiger partial charge in [-0.15, -0.1) is 0 Å². The van der Waals surface area contributed by atoms with Crippen LogP contribution in [0.3, 0.4) is 0 Å². The fraction of sp³-hybridized carbons (Fsp3) is 0.250. The summed E-state index contributed by atoms with van der Waals surface area (Å²) < 4.78 is 15.4. The molecular formula is C12H14FN3. The summed E-state index contributed by atoms with van der Waals surface area (Å²) in [5.74, 6) is -0.185. The first kappa shape index (κ1) is 10.8. The molecule has 0 unspecified atom stereocenters. The van der Waals surface area contributed by atoms with Crippen LogP contribution in [0.4, 0.5) is 4.39 Å². The van der Waals surface area contributed by atoms with Gasteiger partial charge in [0.2, 0.25) is 0 Å². The number of halogens is 1. The van der Waals surface area contributed by atoms with Crippen molar-refractivity contribution in [1.82, 2.24) is 15.1 Å². The highest BCUT2D eigenvalue weighted by Crippen LogP contribution is 2.21. The van der Waals surface area contributed by atoms with Crippen molar-refractivity contribution in [2.24, 2.45) is 7.05 Å². The molecule has 0 atom stereocenters. The minimum absolute atomic E-state index is 0.185. The van der Waals surface area contributed by atoms with E-state index in [9.17, 15) is 4.39 Å². The molecule has 0 saturated heterocycles. The van der Waals surface area contributed by atoms with Crippen molar-refractivity contribution in [3.63, 3.8) is 0 Å². The summed E-state index contributed by atoms with van der Waals surface area (Å²) >= 11 is 0. The van der Waals surface area contributed by atoms with Gasteiger partial charge in [0.1, 0.15) is 5.82 Å². The fourth-order valence-corrected chi connectivity index (χ4v) is 1.63. The lowest BCUT2D eigenvalue weighted by Crippen LogP contribution is -2.06. The molecule has 16 heavy (non-hydrogen) atoms. The molecule has 0 bridgehead atoms. The van der Waals surface area contributed by atoms with Crippen molar-refractivity contribution in [3.8, 4) is 11.1 Å². The third-order valence-electron chi connectivity index (χ3n) is 2.46. The Morgan fingerprint density at radius 1 is 1.38 bits per heavy atom. The molecule has 4 heteroatoms. The van der Waals surface area contributed by atoms with E-state index in [4.69, 9.17) is 0 Å². The molecule has 0 saturated carbocycles. The molecule has 2 aromatic rings. The summed E-state index contributed by atoms with van der Waals surface area (Å²) in [5, 5.41) is 7.00. The molecule has 1 aromatic carbocycles. The molecule has 2 rings (SSSR count). The second-order valence-corrected chi connectivity index (χ2v) is 3.74. The summed E-state index contributed by atoms with van der Waals surface area (Å²) in [6.07, 6.45) is 3.60. The summed E-state index contributed by atoms with van der Waals surface area (Å²) in [4.78, 5) is 0. The number of benzene rings is 1. The fourth-order valence-electron chi connectivity index (χ4n) is 1.63. The third-order valence-corrected chi connectivity index (χ3v) is 2.46. The van der Waals surface area contributed by atoms with Gasteiger partial charge >= 0.3 is 0 Å². The third kappa shape index (κ3) is 2.12. The number of hydrogen-bond acceptors (Lipinski definition) is 2. The number of aryl methyl sites for hydroxylation is 1. The highest BCUT2D eigenvalue weighted by atomic mass is 19.1. The lowest BCUT2D eigenvalue weighted by Gasteiger charge is -2.04. The molecule has 3 nitrogen and oxygen atoms in total. The van der Waals surface area contributed by atoms with Crippen LogP contribution in [0.25, 0.3) is 11.1 Å². The van der Waals surface area contributed by atoms with E-state index in [0.29, 0.717) is 12.1 Å². The van der Waals surface area contributed by atoms with E-state index in [2.05, 4.69) is 10.4 Å². The highest BCUT2D eigenvalue weighted by Gasteiger charge is 2.05. The van der Waals surface area contributed by atoms with Gasteiger partial charge in [-0.2, -0.15) is 5.10 Å². The number of rotatable bonds is 3. The Bertz CT molecular complexity index is 491. The average molecular weight is 219 g/mol. The van der Waals surface area contributed by atoms with Gasteiger partial charge in [0.15, 0.2) is 0 Å². The first-order valence-corrected chi connectivity index (χ1v) is 5.13. The van der Waals surface area contributed by atoms with Crippen LogP contribution in [0.15, 0.2) is 30.6 Å². The van der Waals surface area contributed by atoms with Crippen LogP contribution < -0.4 is 5.32 Å². The minimum atomic E-state index is -0.185. The molecule has 0 spiro atoms. The van der Waals surface area contributed by atoms with E-state index in [1.54, 1.807) is 30.1 Å². The molecule has 0 aliphatic heterocycles. The van der Waals surface area contributed by atoms with Crippen molar-refractivity contribution in [2.75, 3.05) is 7.05 Å².